The zero-order chi connectivity index (χ0) is 10.3. The minimum absolute atomic E-state index is 0.190. The Balaban J connectivity index is 3.56. The fraction of sp³-hybridized carbons (Fsp3) is 0.889. The number of aliphatic hydroxyl groups excluding tert-OH is 1. The van der Waals surface area contributed by atoms with Crippen molar-refractivity contribution in [3.63, 3.8) is 0 Å². The van der Waals surface area contributed by atoms with E-state index in [0.717, 1.165) is 13.0 Å². The van der Waals surface area contributed by atoms with E-state index >= 15 is 0 Å². The van der Waals surface area contributed by atoms with E-state index in [1.165, 1.54) is 7.11 Å². The molecule has 0 aromatic rings. The molecule has 0 saturated heterocycles. The van der Waals surface area contributed by atoms with Gasteiger partial charge in [-0.05, 0) is 25.8 Å². The van der Waals surface area contributed by atoms with Crippen LogP contribution in [0.5, 0.6) is 0 Å². The number of hydrogen-bond acceptors (Lipinski definition) is 4. The van der Waals surface area contributed by atoms with Gasteiger partial charge in [0.05, 0.1) is 7.11 Å². The summed E-state index contributed by atoms with van der Waals surface area (Å²) in [6.07, 6.45) is 0.751. The summed E-state index contributed by atoms with van der Waals surface area (Å²) in [7, 11) is 1.37. The molecular weight excluding hydrogens is 170 g/mol. The molecule has 4 nitrogen and oxygen atoms in total. The van der Waals surface area contributed by atoms with Crippen molar-refractivity contribution in [1.29, 1.82) is 0 Å². The number of rotatable bonds is 6. The van der Waals surface area contributed by atoms with Crippen molar-refractivity contribution < 1.29 is 14.6 Å². The molecule has 0 fully saturated rings. The molecular formula is C9H19NO3. The standard InChI is InChI=1S/C9H19NO3/c1-7(4-5-11)6-10-8(2)9(12)13-3/h7-8,10-11H,4-6H2,1-3H3. The van der Waals surface area contributed by atoms with Gasteiger partial charge in [0.2, 0.25) is 0 Å². The van der Waals surface area contributed by atoms with Gasteiger partial charge in [-0.25, -0.2) is 0 Å². The number of esters is 1. The maximum atomic E-state index is 10.9. The van der Waals surface area contributed by atoms with Gasteiger partial charge in [0.15, 0.2) is 0 Å². The zero-order valence-corrected chi connectivity index (χ0v) is 8.54. The number of carbonyl (C=O) groups excluding carboxylic acids is 1. The highest BCUT2D eigenvalue weighted by molar-refractivity contribution is 5.74. The summed E-state index contributed by atoms with van der Waals surface area (Å²) in [4.78, 5) is 10.9. The number of aliphatic hydroxyl groups is 1. The van der Waals surface area contributed by atoms with Crippen molar-refractivity contribution >= 4 is 5.97 Å². The van der Waals surface area contributed by atoms with Crippen molar-refractivity contribution in [2.24, 2.45) is 5.92 Å². The van der Waals surface area contributed by atoms with E-state index in [1.807, 2.05) is 6.92 Å². The van der Waals surface area contributed by atoms with Gasteiger partial charge in [-0.1, -0.05) is 6.92 Å². The number of ether oxygens (including phenoxy) is 1. The van der Waals surface area contributed by atoms with Gasteiger partial charge in [0.1, 0.15) is 6.04 Å². The summed E-state index contributed by atoms with van der Waals surface area (Å²) in [6.45, 7) is 4.69. The minimum Gasteiger partial charge on any atom is -0.468 e. The van der Waals surface area contributed by atoms with Crippen LogP contribution in [-0.4, -0.2) is 37.4 Å². The van der Waals surface area contributed by atoms with Crippen molar-refractivity contribution in [2.75, 3.05) is 20.3 Å². The quantitative estimate of drug-likeness (QED) is 0.584. The fourth-order valence-corrected chi connectivity index (χ4v) is 0.961. The highest BCUT2D eigenvalue weighted by Crippen LogP contribution is 1.99. The van der Waals surface area contributed by atoms with Crippen LogP contribution in [0.1, 0.15) is 20.3 Å². The van der Waals surface area contributed by atoms with E-state index in [1.54, 1.807) is 6.92 Å². The summed E-state index contributed by atoms with van der Waals surface area (Å²) in [5.74, 6) is 0.119. The molecule has 0 heterocycles. The van der Waals surface area contributed by atoms with Crippen LogP contribution in [-0.2, 0) is 9.53 Å². The number of methoxy groups -OCH3 is 1. The van der Waals surface area contributed by atoms with Crippen LogP contribution in [0.3, 0.4) is 0 Å². The minimum atomic E-state index is -0.272. The molecule has 0 aliphatic heterocycles. The first-order valence-electron chi connectivity index (χ1n) is 4.53. The van der Waals surface area contributed by atoms with Crippen molar-refractivity contribution in [3.05, 3.63) is 0 Å². The maximum Gasteiger partial charge on any atom is 0.322 e. The van der Waals surface area contributed by atoms with Crippen LogP contribution < -0.4 is 5.32 Å². The summed E-state index contributed by atoms with van der Waals surface area (Å²) in [6, 6.07) is -0.272. The number of carbonyl (C=O) groups is 1. The van der Waals surface area contributed by atoms with Crippen molar-refractivity contribution in [1.82, 2.24) is 5.32 Å². The van der Waals surface area contributed by atoms with E-state index in [0.29, 0.717) is 5.92 Å². The highest BCUT2D eigenvalue weighted by Gasteiger charge is 2.12. The van der Waals surface area contributed by atoms with Crippen LogP contribution >= 0.6 is 0 Å². The topological polar surface area (TPSA) is 58.6 Å². The molecule has 0 aliphatic rings. The first-order valence-corrected chi connectivity index (χ1v) is 4.53. The van der Waals surface area contributed by atoms with Gasteiger partial charge < -0.3 is 15.2 Å². The SMILES string of the molecule is COC(=O)C(C)NCC(C)CCO. The average molecular weight is 189 g/mol. The molecule has 0 bridgehead atoms. The molecule has 2 unspecified atom stereocenters. The average Bonchev–Trinajstić information content (AvgIpc) is 2.13. The molecule has 0 aromatic heterocycles. The van der Waals surface area contributed by atoms with Crippen LogP contribution in [0, 0.1) is 5.92 Å². The summed E-state index contributed by atoms with van der Waals surface area (Å²) in [5, 5.41) is 11.7. The molecule has 0 radical (unpaired) electrons. The Morgan fingerprint density at radius 1 is 1.54 bits per heavy atom. The van der Waals surface area contributed by atoms with Gasteiger partial charge >= 0.3 is 5.97 Å². The Morgan fingerprint density at radius 2 is 2.15 bits per heavy atom. The second-order valence-electron chi connectivity index (χ2n) is 3.27. The second kappa shape index (κ2) is 6.86. The third-order valence-corrected chi connectivity index (χ3v) is 1.95. The summed E-state index contributed by atoms with van der Waals surface area (Å²) >= 11 is 0. The Kier molecular flexibility index (Phi) is 6.54. The van der Waals surface area contributed by atoms with Gasteiger partial charge in [-0.15, -0.1) is 0 Å². The Hall–Kier alpha value is -0.610. The third kappa shape index (κ3) is 5.60. The number of nitrogens with one attached hydrogen (secondary N) is 1. The molecule has 0 saturated carbocycles. The van der Waals surface area contributed by atoms with Gasteiger partial charge in [-0.3, -0.25) is 4.79 Å². The van der Waals surface area contributed by atoms with E-state index < -0.39 is 0 Å². The first kappa shape index (κ1) is 12.4. The third-order valence-electron chi connectivity index (χ3n) is 1.95. The van der Waals surface area contributed by atoms with Gasteiger partial charge in [0.25, 0.3) is 0 Å². The smallest absolute Gasteiger partial charge is 0.322 e. The molecule has 0 rings (SSSR count). The molecule has 2 atom stereocenters. The van der Waals surface area contributed by atoms with Crippen LogP contribution in [0.4, 0.5) is 0 Å². The maximum absolute atomic E-state index is 10.9. The predicted molar refractivity (Wildman–Crippen MR) is 50.3 cm³/mol. The Morgan fingerprint density at radius 3 is 2.62 bits per heavy atom. The molecule has 0 aliphatic carbocycles. The molecule has 0 spiro atoms. The molecule has 0 amide bonds. The van der Waals surface area contributed by atoms with Gasteiger partial charge in [-0.2, -0.15) is 0 Å². The van der Waals surface area contributed by atoms with E-state index in [9.17, 15) is 4.79 Å². The Labute approximate surface area is 79.3 Å². The molecule has 2 N–H and O–H groups in total. The number of hydrogen-bond donors (Lipinski definition) is 2. The fourth-order valence-electron chi connectivity index (χ4n) is 0.961. The molecule has 4 heteroatoms. The first-order chi connectivity index (χ1) is 6.11. The summed E-state index contributed by atoms with van der Waals surface area (Å²) < 4.78 is 4.55. The largest absolute Gasteiger partial charge is 0.468 e. The Bertz CT molecular complexity index is 150. The highest BCUT2D eigenvalue weighted by atomic mass is 16.5. The lowest BCUT2D eigenvalue weighted by Gasteiger charge is -2.15. The van der Waals surface area contributed by atoms with Crippen molar-refractivity contribution in [3.8, 4) is 0 Å². The lowest BCUT2D eigenvalue weighted by molar-refractivity contribution is -0.142. The van der Waals surface area contributed by atoms with Gasteiger partial charge in [0, 0.05) is 6.61 Å². The zero-order valence-electron chi connectivity index (χ0n) is 8.54. The van der Waals surface area contributed by atoms with Crippen LogP contribution in [0.2, 0.25) is 0 Å². The van der Waals surface area contributed by atoms with E-state index in [2.05, 4.69) is 10.1 Å². The monoisotopic (exact) mass is 189 g/mol. The van der Waals surface area contributed by atoms with Crippen LogP contribution in [0.15, 0.2) is 0 Å². The summed E-state index contributed by atoms with van der Waals surface area (Å²) in [5.41, 5.74) is 0. The predicted octanol–water partition coefficient (Wildman–Crippen LogP) is 0.156. The lowest BCUT2D eigenvalue weighted by Crippen LogP contribution is -2.37. The molecule has 78 valence electrons. The molecule has 13 heavy (non-hydrogen) atoms. The molecule has 0 aromatic carbocycles. The van der Waals surface area contributed by atoms with E-state index in [-0.39, 0.29) is 18.6 Å². The van der Waals surface area contributed by atoms with E-state index in [4.69, 9.17) is 5.11 Å². The lowest BCUT2D eigenvalue weighted by atomic mass is 10.1. The van der Waals surface area contributed by atoms with Crippen LogP contribution in [0.25, 0.3) is 0 Å². The normalized spacial score (nSPS) is 15.1. The van der Waals surface area contributed by atoms with Crippen molar-refractivity contribution in [2.45, 2.75) is 26.3 Å². The second-order valence-corrected chi connectivity index (χ2v) is 3.27.